The summed E-state index contributed by atoms with van der Waals surface area (Å²) in [5.74, 6) is 0.771. The zero-order valence-corrected chi connectivity index (χ0v) is 14.4. The van der Waals surface area contributed by atoms with Gasteiger partial charge in [0.15, 0.2) is 5.78 Å². The maximum atomic E-state index is 12.2. The summed E-state index contributed by atoms with van der Waals surface area (Å²) in [4.78, 5) is 12.2. The highest BCUT2D eigenvalue weighted by Crippen LogP contribution is 2.14. The van der Waals surface area contributed by atoms with Gasteiger partial charge in [-0.15, -0.1) is 0 Å². The Bertz CT molecular complexity index is 674. The molecule has 0 saturated heterocycles. The molecule has 0 bridgehead atoms. The van der Waals surface area contributed by atoms with Gasteiger partial charge in [-0.3, -0.25) is 4.79 Å². The number of ether oxygens (including phenoxy) is 1. The van der Waals surface area contributed by atoms with Crippen molar-refractivity contribution in [3.05, 3.63) is 71.9 Å². The molecule has 2 aromatic carbocycles. The van der Waals surface area contributed by atoms with Crippen LogP contribution in [-0.4, -0.2) is 12.4 Å². The second-order valence-corrected chi connectivity index (χ2v) is 5.62. The Labute approximate surface area is 144 Å². The summed E-state index contributed by atoms with van der Waals surface area (Å²) < 4.78 is 5.60. The van der Waals surface area contributed by atoms with Crippen LogP contribution in [0.4, 0.5) is 5.69 Å². The van der Waals surface area contributed by atoms with Crippen molar-refractivity contribution in [2.75, 3.05) is 11.9 Å². The van der Waals surface area contributed by atoms with E-state index < -0.39 is 0 Å². The van der Waals surface area contributed by atoms with Gasteiger partial charge < -0.3 is 10.1 Å². The fourth-order valence-electron chi connectivity index (χ4n) is 2.24. The SMILES string of the molecule is CCCCOc1ccc(C(=O)C=CNc2cccc(CC)c2)cc1. The van der Waals surface area contributed by atoms with E-state index in [0.717, 1.165) is 30.7 Å². The number of carbonyl (C=O) groups is 1. The van der Waals surface area contributed by atoms with Crippen molar-refractivity contribution in [2.45, 2.75) is 33.1 Å². The predicted octanol–water partition coefficient (Wildman–Crippen LogP) is 5.24. The van der Waals surface area contributed by atoms with Crippen molar-refractivity contribution >= 4 is 11.5 Å². The van der Waals surface area contributed by atoms with Crippen molar-refractivity contribution in [1.29, 1.82) is 0 Å². The lowest BCUT2D eigenvalue weighted by Gasteiger charge is -2.05. The molecule has 0 spiro atoms. The minimum absolute atomic E-state index is 0.0331. The number of allylic oxidation sites excluding steroid dienone is 1. The summed E-state index contributed by atoms with van der Waals surface area (Å²) in [6, 6.07) is 15.4. The molecule has 126 valence electrons. The van der Waals surface area contributed by atoms with E-state index in [0.29, 0.717) is 12.2 Å². The molecule has 0 fully saturated rings. The van der Waals surface area contributed by atoms with Crippen LogP contribution in [0.5, 0.6) is 5.75 Å². The van der Waals surface area contributed by atoms with Gasteiger partial charge in [-0.2, -0.15) is 0 Å². The van der Waals surface area contributed by atoms with Crippen LogP contribution < -0.4 is 10.1 Å². The molecule has 1 N–H and O–H groups in total. The number of aryl methyl sites for hydroxylation is 1. The molecule has 0 heterocycles. The fourth-order valence-corrected chi connectivity index (χ4v) is 2.24. The van der Waals surface area contributed by atoms with Crippen molar-refractivity contribution in [1.82, 2.24) is 0 Å². The molecular formula is C21H25NO2. The Hall–Kier alpha value is -2.55. The number of anilines is 1. The third-order valence-electron chi connectivity index (χ3n) is 3.73. The quantitative estimate of drug-likeness (QED) is 0.390. The van der Waals surface area contributed by atoms with E-state index >= 15 is 0 Å². The highest BCUT2D eigenvalue weighted by atomic mass is 16.5. The first-order valence-corrected chi connectivity index (χ1v) is 8.52. The van der Waals surface area contributed by atoms with Gasteiger partial charge in [-0.1, -0.05) is 32.4 Å². The first kappa shape index (κ1) is 17.8. The zero-order chi connectivity index (χ0) is 17.2. The molecule has 0 unspecified atom stereocenters. The van der Waals surface area contributed by atoms with Gasteiger partial charge in [0.05, 0.1) is 6.61 Å². The van der Waals surface area contributed by atoms with Crippen LogP contribution in [0.15, 0.2) is 60.8 Å². The van der Waals surface area contributed by atoms with E-state index in [1.807, 2.05) is 24.3 Å². The van der Waals surface area contributed by atoms with E-state index in [9.17, 15) is 4.79 Å². The smallest absolute Gasteiger partial charge is 0.187 e. The molecule has 0 radical (unpaired) electrons. The number of nitrogens with one attached hydrogen (secondary N) is 1. The maximum absolute atomic E-state index is 12.2. The van der Waals surface area contributed by atoms with Crippen LogP contribution in [0.25, 0.3) is 0 Å². The Morgan fingerprint density at radius 1 is 1.12 bits per heavy atom. The van der Waals surface area contributed by atoms with Crippen LogP contribution in [-0.2, 0) is 6.42 Å². The lowest BCUT2D eigenvalue weighted by atomic mass is 10.1. The molecule has 0 aliphatic rings. The summed E-state index contributed by atoms with van der Waals surface area (Å²) >= 11 is 0. The van der Waals surface area contributed by atoms with Gasteiger partial charge in [-0.25, -0.2) is 0 Å². The summed E-state index contributed by atoms with van der Waals surface area (Å²) in [5.41, 5.74) is 2.90. The monoisotopic (exact) mass is 323 g/mol. The standard InChI is InChI=1S/C21H25NO2/c1-3-5-15-24-20-11-9-18(10-12-20)21(23)13-14-22-19-8-6-7-17(4-2)16-19/h6-14,16,22H,3-5,15H2,1-2H3. The van der Waals surface area contributed by atoms with Crippen LogP contribution >= 0.6 is 0 Å². The van der Waals surface area contributed by atoms with Crippen molar-refractivity contribution < 1.29 is 9.53 Å². The van der Waals surface area contributed by atoms with E-state index in [1.165, 1.54) is 5.56 Å². The molecule has 0 aromatic heterocycles. The van der Waals surface area contributed by atoms with E-state index in [-0.39, 0.29) is 5.78 Å². The van der Waals surface area contributed by atoms with Gasteiger partial charge in [0.2, 0.25) is 0 Å². The normalized spacial score (nSPS) is 10.8. The fraction of sp³-hybridized carbons (Fsp3) is 0.286. The summed E-state index contributed by atoms with van der Waals surface area (Å²) in [7, 11) is 0. The van der Waals surface area contributed by atoms with Crippen molar-refractivity contribution in [3.8, 4) is 5.75 Å². The second-order valence-electron chi connectivity index (χ2n) is 5.62. The number of hydrogen-bond donors (Lipinski definition) is 1. The van der Waals surface area contributed by atoms with Gasteiger partial charge in [0, 0.05) is 23.5 Å². The zero-order valence-electron chi connectivity index (χ0n) is 14.4. The number of ketones is 1. The van der Waals surface area contributed by atoms with Gasteiger partial charge in [0.1, 0.15) is 5.75 Å². The highest BCUT2D eigenvalue weighted by molar-refractivity contribution is 6.04. The van der Waals surface area contributed by atoms with Gasteiger partial charge >= 0.3 is 0 Å². The van der Waals surface area contributed by atoms with Crippen molar-refractivity contribution in [2.24, 2.45) is 0 Å². The molecule has 2 rings (SSSR count). The highest BCUT2D eigenvalue weighted by Gasteiger charge is 2.02. The molecule has 0 aliphatic carbocycles. The van der Waals surface area contributed by atoms with E-state index in [1.54, 1.807) is 24.4 Å². The molecule has 2 aromatic rings. The number of hydrogen-bond acceptors (Lipinski definition) is 3. The maximum Gasteiger partial charge on any atom is 0.187 e. The lowest BCUT2D eigenvalue weighted by Crippen LogP contribution is -1.99. The molecular weight excluding hydrogens is 298 g/mol. The third kappa shape index (κ3) is 5.58. The number of carbonyl (C=O) groups excluding carboxylic acids is 1. The minimum atomic E-state index is -0.0331. The van der Waals surface area contributed by atoms with Crippen LogP contribution in [0.2, 0.25) is 0 Å². The van der Waals surface area contributed by atoms with Crippen LogP contribution in [0.3, 0.4) is 0 Å². The summed E-state index contributed by atoms with van der Waals surface area (Å²) in [5, 5.41) is 3.14. The Morgan fingerprint density at radius 2 is 1.92 bits per heavy atom. The number of benzene rings is 2. The first-order chi connectivity index (χ1) is 11.7. The Balaban J connectivity index is 1.89. The molecule has 0 atom stereocenters. The van der Waals surface area contributed by atoms with Crippen LogP contribution in [0.1, 0.15) is 42.6 Å². The summed E-state index contributed by atoms with van der Waals surface area (Å²) in [6.07, 6.45) is 6.36. The average Bonchev–Trinajstić information content (AvgIpc) is 2.62. The van der Waals surface area contributed by atoms with E-state index in [2.05, 4.69) is 31.3 Å². The Kier molecular flexibility index (Phi) is 7.09. The minimum Gasteiger partial charge on any atom is -0.494 e. The second kappa shape index (κ2) is 9.56. The molecule has 3 nitrogen and oxygen atoms in total. The van der Waals surface area contributed by atoms with Gasteiger partial charge in [0.25, 0.3) is 0 Å². The van der Waals surface area contributed by atoms with Gasteiger partial charge in [-0.05, 0) is 54.8 Å². The van der Waals surface area contributed by atoms with Crippen molar-refractivity contribution in [3.63, 3.8) is 0 Å². The number of rotatable bonds is 9. The molecule has 0 saturated carbocycles. The molecule has 24 heavy (non-hydrogen) atoms. The first-order valence-electron chi connectivity index (χ1n) is 8.52. The molecule has 3 heteroatoms. The largest absolute Gasteiger partial charge is 0.494 e. The Morgan fingerprint density at radius 3 is 2.62 bits per heavy atom. The summed E-state index contributed by atoms with van der Waals surface area (Å²) in [6.45, 7) is 4.96. The van der Waals surface area contributed by atoms with E-state index in [4.69, 9.17) is 4.74 Å². The van der Waals surface area contributed by atoms with Crippen LogP contribution in [0, 0.1) is 0 Å². The predicted molar refractivity (Wildman–Crippen MR) is 99.8 cm³/mol. The topological polar surface area (TPSA) is 38.3 Å². The number of unbranched alkanes of at least 4 members (excludes halogenated alkanes) is 1. The third-order valence-corrected chi connectivity index (χ3v) is 3.73. The molecule has 0 aliphatic heterocycles. The average molecular weight is 323 g/mol. The lowest BCUT2D eigenvalue weighted by molar-refractivity contribution is 0.104. The molecule has 0 amide bonds.